The number of hydrogen-bond acceptors (Lipinski definition) is 4. The molecule has 3 rings (SSSR count). The molecule has 21 heavy (non-hydrogen) atoms. The van der Waals surface area contributed by atoms with Crippen molar-refractivity contribution in [2.24, 2.45) is 0 Å². The molecule has 0 atom stereocenters. The summed E-state index contributed by atoms with van der Waals surface area (Å²) in [6, 6.07) is 3.01. The summed E-state index contributed by atoms with van der Waals surface area (Å²) in [5.41, 5.74) is -1.83. The number of fused-ring (bicyclic) bond motifs is 1. The number of carboxylic acid groups (broad SMARTS) is 1. The van der Waals surface area contributed by atoms with E-state index < -0.39 is 17.7 Å². The fourth-order valence-corrected chi connectivity index (χ4v) is 2.02. The van der Waals surface area contributed by atoms with Gasteiger partial charge in [-0.05, 0) is 18.2 Å². The first-order chi connectivity index (χ1) is 9.88. The molecular formula is C12H7F3N2O4. The topological polar surface area (TPSA) is 84.4 Å². The summed E-state index contributed by atoms with van der Waals surface area (Å²) in [7, 11) is 0. The highest BCUT2D eigenvalue weighted by atomic mass is 19.4. The van der Waals surface area contributed by atoms with Gasteiger partial charge in [-0.1, -0.05) is 0 Å². The van der Waals surface area contributed by atoms with Crippen molar-refractivity contribution >= 4 is 5.97 Å². The lowest BCUT2D eigenvalue weighted by Crippen LogP contribution is -2.07. The number of nitrogens with zero attached hydrogens (tertiary/aromatic N) is 1. The lowest BCUT2D eigenvalue weighted by Gasteiger charge is -2.13. The molecule has 0 bridgehead atoms. The second-order valence-corrected chi connectivity index (χ2v) is 4.19. The molecule has 0 saturated carbocycles. The van der Waals surface area contributed by atoms with Crippen LogP contribution in [-0.2, 0) is 6.18 Å². The Morgan fingerprint density at radius 3 is 2.71 bits per heavy atom. The van der Waals surface area contributed by atoms with Crippen LogP contribution in [0.5, 0.6) is 11.5 Å². The molecule has 0 unspecified atom stereocenters. The number of ether oxygens (including phenoxy) is 2. The Morgan fingerprint density at radius 1 is 1.33 bits per heavy atom. The van der Waals surface area contributed by atoms with Gasteiger partial charge in [-0.15, -0.1) is 0 Å². The van der Waals surface area contributed by atoms with Gasteiger partial charge in [0.25, 0.3) is 0 Å². The van der Waals surface area contributed by atoms with Crippen LogP contribution in [0.2, 0.25) is 0 Å². The normalized spacial score (nSPS) is 13.5. The van der Waals surface area contributed by atoms with E-state index in [9.17, 15) is 18.0 Å². The Kier molecular flexibility index (Phi) is 2.78. The van der Waals surface area contributed by atoms with Crippen molar-refractivity contribution in [3.63, 3.8) is 0 Å². The molecule has 0 radical (unpaired) electrons. The van der Waals surface area contributed by atoms with Crippen LogP contribution >= 0.6 is 0 Å². The maximum Gasteiger partial charge on any atom is 0.417 e. The zero-order chi connectivity index (χ0) is 15.2. The third kappa shape index (κ3) is 2.16. The summed E-state index contributed by atoms with van der Waals surface area (Å²) in [5.74, 6) is -1.28. The number of aromatic amines is 1. The number of rotatable bonds is 2. The number of nitrogens with one attached hydrogen (secondary N) is 1. The minimum atomic E-state index is -4.64. The van der Waals surface area contributed by atoms with Crippen LogP contribution in [0.4, 0.5) is 13.2 Å². The Balaban J connectivity index is 2.23. The van der Waals surface area contributed by atoms with Gasteiger partial charge in [0.1, 0.15) is 5.69 Å². The lowest BCUT2D eigenvalue weighted by atomic mass is 10.0. The molecule has 0 saturated heterocycles. The van der Waals surface area contributed by atoms with Gasteiger partial charge in [-0.2, -0.15) is 18.3 Å². The largest absolute Gasteiger partial charge is 0.477 e. The van der Waals surface area contributed by atoms with Crippen molar-refractivity contribution in [2.45, 2.75) is 6.18 Å². The third-order valence-electron chi connectivity index (χ3n) is 2.91. The number of alkyl halides is 3. The van der Waals surface area contributed by atoms with Crippen LogP contribution in [0.25, 0.3) is 11.3 Å². The van der Waals surface area contributed by atoms with E-state index in [1.165, 1.54) is 0 Å². The molecular weight excluding hydrogens is 293 g/mol. The van der Waals surface area contributed by atoms with Crippen molar-refractivity contribution in [1.82, 2.24) is 10.2 Å². The Hall–Kier alpha value is -2.71. The maximum atomic E-state index is 13.1. The van der Waals surface area contributed by atoms with Gasteiger partial charge in [-0.25, -0.2) is 4.79 Å². The zero-order valence-corrected chi connectivity index (χ0v) is 10.2. The summed E-state index contributed by atoms with van der Waals surface area (Å²) in [5, 5.41) is 14.6. The number of halogens is 3. The first-order valence-corrected chi connectivity index (χ1v) is 5.67. The highest BCUT2D eigenvalue weighted by Gasteiger charge is 2.38. The average Bonchev–Trinajstić information content (AvgIpc) is 3.05. The molecule has 6 nitrogen and oxygen atoms in total. The highest BCUT2D eigenvalue weighted by molar-refractivity contribution is 5.88. The standard InChI is InChI=1S/C12H7F3N2O4/c13-12(14,15)5-1-2-8-10(21-4-20-8)9(5)6-3-7(11(18)19)17-16-6/h1-3H,4H2,(H,16,17)(H,18,19). The number of hydrogen-bond donors (Lipinski definition) is 2. The van der Waals surface area contributed by atoms with E-state index in [-0.39, 0.29) is 35.2 Å². The van der Waals surface area contributed by atoms with E-state index in [1.807, 2.05) is 0 Å². The molecule has 9 heteroatoms. The predicted octanol–water partition coefficient (Wildman–Crippen LogP) is 2.52. The molecule has 1 aromatic heterocycles. The van der Waals surface area contributed by atoms with E-state index in [1.54, 1.807) is 0 Å². The monoisotopic (exact) mass is 300 g/mol. The molecule has 2 N–H and O–H groups in total. The number of H-pyrrole nitrogens is 1. The van der Waals surface area contributed by atoms with Gasteiger partial charge in [0.2, 0.25) is 6.79 Å². The number of benzene rings is 1. The average molecular weight is 300 g/mol. The van der Waals surface area contributed by atoms with Crippen molar-refractivity contribution in [2.75, 3.05) is 6.79 Å². The molecule has 110 valence electrons. The van der Waals surface area contributed by atoms with Crippen LogP contribution in [0.1, 0.15) is 16.1 Å². The SMILES string of the molecule is O=C(O)c1cc(-c2c(C(F)(F)F)ccc3c2OCO3)n[nH]1. The smallest absolute Gasteiger partial charge is 0.417 e. The second-order valence-electron chi connectivity index (χ2n) is 4.19. The Morgan fingerprint density at radius 2 is 2.10 bits per heavy atom. The summed E-state index contributed by atoms with van der Waals surface area (Å²) < 4.78 is 49.5. The van der Waals surface area contributed by atoms with Crippen molar-refractivity contribution in [1.29, 1.82) is 0 Å². The third-order valence-corrected chi connectivity index (χ3v) is 2.91. The molecule has 0 amide bonds. The van der Waals surface area contributed by atoms with Crippen LogP contribution < -0.4 is 9.47 Å². The molecule has 0 fully saturated rings. The van der Waals surface area contributed by atoms with Crippen molar-refractivity contribution in [3.05, 3.63) is 29.5 Å². The van der Waals surface area contributed by atoms with Gasteiger partial charge < -0.3 is 14.6 Å². The van der Waals surface area contributed by atoms with Gasteiger partial charge in [0.05, 0.1) is 16.8 Å². The number of aromatic carboxylic acids is 1. The van der Waals surface area contributed by atoms with Crippen molar-refractivity contribution < 1.29 is 32.5 Å². The van der Waals surface area contributed by atoms with Gasteiger partial charge in [0, 0.05) is 0 Å². The zero-order valence-electron chi connectivity index (χ0n) is 10.2. The van der Waals surface area contributed by atoms with E-state index >= 15 is 0 Å². The molecule has 1 aliphatic rings. The maximum absolute atomic E-state index is 13.1. The summed E-state index contributed by atoms with van der Waals surface area (Å²) in [4.78, 5) is 10.8. The number of aromatic nitrogens is 2. The van der Waals surface area contributed by atoms with E-state index in [0.717, 1.165) is 18.2 Å². The summed E-state index contributed by atoms with van der Waals surface area (Å²) in [6.45, 7) is -0.208. The van der Waals surface area contributed by atoms with Crippen LogP contribution in [0.3, 0.4) is 0 Å². The minimum Gasteiger partial charge on any atom is -0.477 e. The Bertz CT molecular complexity index is 724. The molecule has 0 spiro atoms. The molecule has 0 aliphatic carbocycles. The molecule has 2 heterocycles. The van der Waals surface area contributed by atoms with E-state index in [4.69, 9.17) is 14.6 Å². The first kappa shape index (κ1) is 13.3. The fraction of sp³-hybridized carbons (Fsp3) is 0.167. The number of carbonyl (C=O) groups is 1. The molecule has 1 aliphatic heterocycles. The van der Waals surface area contributed by atoms with Gasteiger partial charge >= 0.3 is 12.1 Å². The molecule has 2 aromatic rings. The van der Waals surface area contributed by atoms with Crippen LogP contribution in [0.15, 0.2) is 18.2 Å². The first-order valence-electron chi connectivity index (χ1n) is 5.67. The van der Waals surface area contributed by atoms with E-state index in [0.29, 0.717) is 0 Å². The molecule has 1 aromatic carbocycles. The second kappa shape index (κ2) is 4.40. The number of carboxylic acids is 1. The van der Waals surface area contributed by atoms with Crippen LogP contribution in [0, 0.1) is 0 Å². The fourth-order valence-electron chi connectivity index (χ4n) is 2.02. The van der Waals surface area contributed by atoms with Crippen LogP contribution in [-0.4, -0.2) is 28.1 Å². The minimum absolute atomic E-state index is 0.103. The van der Waals surface area contributed by atoms with Gasteiger partial charge in [0.15, 0.2) is 11.5 Å². The summed E-state index contributed by atoms with van der Waals surface area (Å²) in [6.07, 6.45) is -4.64. The van der Waals surface area contributed by atoms with Crippen molar-refractivity contribution in [3.8, 4) is 22.8 Å². The quantitative estimate of drug-likeness (QED) is 0.890. The summed E-state index contributed by atoms with van der Waals surface area (Å²) >= 11 is 0. The Labute approximate surface area is 115 Å². The predicted molar refractivity (Wildman–Crippen MR) is 62.1 cm³/mol. The highest BCUT2D eigenvalue weighted by Crippen LogP contribution is 2.47. The lowest BCUT2D eigenvalue weighted by molar-refractivity contribution is -0.137. The van der Waals surface area contributed by atoms with E-state index in [2.05, 4.69) is 10.2 Å². The van der Waals surface area contributed by atoms with Gasteiger partial charge in [-0.3, -0.25) is 5.10 Å².